The standard InChI is InChI=1S/C20H22N2O2S/c1-14-12-22(19-7-5-4-6-17(14)19)25(23,24)16-8-9-18-15(10-16)11-21-13-20(18,2)3/h4-10,12,21H,11,13H2,1-3H3. The molecule has 1 N–H and O–H groups in total. The number of hydrogen-bond donors (Lipinski definition) is 1. The largest absolute Gasteiger partial charge is 0.312 e. The first-order valence-corrected chi connectivity index (χ1v) is 9.91. The fourth-order valence-corrected chi connectivity index (χ4v) is 5.24. The van der Waals surface area contributed by atoms with Crippen molar-refractivity contribution in [1.82, 2.24) is 9.29 Å². The Bertz CT molecular complexity index is 1080. The van der Waals surface area contributed by atoms with Crippen molar-refractivity contribution in [3.05, 3.63) is 65.4 Å². The van der Waals surface area contributed by atoms with E-state index in [1.54, 1.807) is 12.3 Å². The molecule has 4 nitrogen and oxygen atoms in total. The Kier molecular flexibility index (Phi) is 3.56. The van der Waals surface area contributed by atoms with Gasteiger partial charge in [-0.1, -0.05) is 38.1 Å². The molecule has 3 aromatic rings. The van der Waals surface area contributed by atoms with Gasteiger partial charge in [0.05, 0.1) is 10.4 Å². The molecule has 0 unspecified atom stereocenters. The Labute approximate surface area is 148 Å². The molecule has 2 aromatic carbocycles. The molecule has 4 rings (SSSR count). The van der Waals surface area contributed by atoms with Gasteiger partial charge in [0.15, 0.2) is 0 Å². The predicted molar refractivity (Wildman–Crippen MR) is 100 cm³/mol. The number of aromatic nitrogens is 1. The minimum atomic E-state index is -3.63. The highest BCUT2D eigenvalue weighted by Gasteiger charge is 2.29. The number of hydrogen-bond acceptors (Lipinski definition) is 3. The summed E-state index contributed by atoms with van der Waals surface area (Å²) in [4.78, 5) is 0.339. The molecular weight excluding hydrogens is 332 g/mol. The lowest BCUT2D eigenvalue weighted by molar-refractivity contribution is 0.434. The van der Waals surface area contributed by atoms with Gasteiger partial charge < -0.3 is 5.32 Å². The summed E-state index contributed by atoms with van der Waals surface area (Å²) in [7, 11) is -3.63. The number of nitrogens with one attached hydrogen (secondary N) is 1. The fourth-order valence-electron chi connectivity index (χ4n) is 3.77. The van der Waals surface area contributed by atoms with E-state index in [0.717, 1.165) is 28.6 Å². The maximum Gasteiger partial charge on any atom is 0.268 e. The highest BCUT2D eigenvalue weighted by atomic mass is 32.2. The highest BCUT2D eigenvalue weighted by Crippen LogP contribution is 2.32. The zero-order valence-electron chi connectivity index (χ0n) is 14.7. The van der Waals surface area contributed by atoms with Crippen LogP contribution in [0.25, 0.3) is 10.9 Å². The number of fused-ring (bicyclic) bond motifs is 2. The Morgan fingerprint density at radius 1 is 1.12 bits per heavy atom. The van der Waals surface area contributed by atoms with E-state index in [1.807, 2.05) is 43.3 Å². The first-order chi connectivity index (χ1) is 11.8. The van der Waals surface area contributed by atoms with Crippen LogP contribution in [0.5, 0.6) is 0 Å². The Hall–Kier alpha value is -2.11. The fraction of sp³-hybridized carbons (Fsp3) is 0.300. The van der Waals surface area contributed by atoms with Gasteiger partial charge in [-0.05, 0) is 41.8 Å². The van der Waals surface area contributed by atoms with E-state index < -0.39 is 10.0 Å². The second-order valence-corrected chi connectivity index (χ2v) is 9.25. The van der Waals surface area contributed by atoms with Crippen LogP contribution in [0.4, 0.5) is 0 Å². The molecule has 130 valence electrons. The molecule has 1 aromatic heterocycles. The van der Waals surface area contributed by atoms with Gasteiger partial charge in [0.2, 0.25) is 0 Å². The summed E-state index contributed by atoms with van der Waals surface area (Å²) in [6.07, 6.45) is 1.71. The van der Waals surface area contributed by atoms with Crippen LogP contribution >= 0.6 is 0 Å². The van der Waals surface area contributed by atoms with E-state index in [4.69, 9.17) is 0 Å². The van der Waals surface area contributed by atoms with Gasteiger partial charge in [-0.2, -0.15) is 0 Å². The van der Waals surface area contributed by atoms with Crippen LogP contribution in [0.2, 0.25) is 0 Å². The van der Waals surface area contributed by atoms with Gasteiger partial charge in [-0.3, -0.25) is 0 Å². The number of nitrogens with zero attached hydrogens (tertiary/aromatic N) is 1. The van der Waals surface area contributed by atoms with Gasteiger partial charge in [-0.25, -0.2) is 12.4 Å². The van der Waals surface area contributed by atoms with Gasteiger partial charge in [0.25, 0.3) is 10.0 Å². The molecule has 0 amide bonds. The van der Waals surface area contributed by atoms with E-state index in [1.165, 1.54) is 9.54 Å². The van der Waals surface area contributed by atoms with Crippen LogP contribution in [0.15, 0.2) is 53.6 Å². The van der Waals surface area contributed by atoms with Gasteiger partial charge in [0, 0.05) is 30.1 Å². The zero-order chi connectivity index (χ0) is 17.8. The topological polar surface area (TPSA) is 51.1 Å². The quantitative estimate of drug-likeness (QED) is 0.765. The summed E-state index contributed by atoms with van der Waals surface area (Å²) < 4.78 is 27.9. The molecule has 0 saturated heterocycles. The predicted octanol–water partition coefficient (Wildman–Crippen LogP) is 3.57. The monoisotopic (exact) mass is 354 g/mol. The lowest BCUT2D eigenvalue weighted by Crippen LogP contribution is -2.38. The van der Waals surface area contributed by atoms with Crippen molar-refractivity contribution in [2.45, 2.75) is 37.6 Å². The van der Waals surface area contributed by atoms with E-state index >= 15 is 0 Å². The molecule has 5 heteroatoms. The SMILES string of the molecule is Cc1cn(S(=O)(=O)c2ccc3c(c2)CNCC3(C)C)c2ccccc12. The van der Waals surface area contributed by atoms with E-state index in [2.05, 4.69) is 19.2 Å². The number of para-hydroxylation sites is 1. The Morgan fingerprint density at radius 2 is 1.88 bits per heavy atom. The van der Waals surface area contributed by atoms with Crippen molar-refractivity contribution in [3.63, 3.8) is 0 Å². The third-order valence-corrected chi connectivity index (χ3v) is 6.79. The van der Waals surface area contributed by atoms with Gasteiger partial charge >= 0.3 is 0 Å². The summed E-state index contributed by atoms with van der Waals surface area (Å²) in [5.74, 6) is 0. The maximum atomic E-state index is 13.3. The summed E-state index contributed by atoms with van der Waals surface area (Å²) in [6.45, 7) is 7.89. The van der Waals surface area contributed by atoms with E-state index in [9.17, 15) is 8.42 Å². The van der Waals surface area contributed by atoms with Gasteiger partial charge in [0.1, 0.15) is 0 Å². The third kappa shape index (κ3) is 2.50. The maximum absolute atomic E-state index is 13.3. The molecule has 0 radical (unpaired) electrons. The number of rotatable bonds is 2. The van der Waals surface area contributed by atoms with Crippen LogP contribution in [0.1, 0.15) is 30.5 Å². The summed E-state index contributed by atoms with van der Waals surface area (Å²) in [6, 6.07) is 13.1. The summed E-state index contributed by atoms with van der Waals surface area (Å²) >= 11 is 0. The second-order valence-electron chi connectivity index (χ2n) is 7.44. The molecule has 0 bridgehead atoms. The Morgan fingerprint density at radius 3 is 2.68 bits per heavy atom. The van der Waals surface area contributed by atoms with Crippen LogP contribution in [0.3, 0.4) is 0 Å². The molecular formula is C20H22N2O2S. The average molecular weight is 354 g/mol. The third-order valence-electron chi connectivity index (χ3n) is 5.12. The molecule has 1 aliphatic heterocycles. The minimum absolute atomic E-state index is 0.00656. The molecule has 1 aliphatic rings. The van der Waals surface area contributed by atoms with Crippen LogP contribution in [0, 0.1) is 6.92 Å². The first kappa shape index (κ1) is 16.4. The van der Waals surface area contributed by atoms with Crippen LogP contribution in [-0.4, -0.2) is 18.9 Å². The summed E-state index contributed by atoms with van der Waals surface area (Å²) in [5.41, 5.74) is 3.97. The van der Waals surface area contributed by atoms with Crippen molar-refractivity contribution in [1.29, 1.82) is 0 Å². The van der Waals surface area contributed by atoms with E-state index in [0.29, 0.717) is 11.4 Å². The lowest BCUT2D eigenvalue weighted by atomic mass is 9.79. The first-order valence-electron chi connectivity index (χ1n) is 8.47. The zero-order valence-corrected chi connectivity index (χ0v) is 15.5. The lowest BCUT2D eigenvalue weighted by Gasteiger charge is -2.33. The Balaban J connectivity index is 1.89. The highest BCUT2D eigenvalue weighted by molar-refractivity contribution is 7.90. The van der Waals surface area contributed by atoms with Crippen LogP contribution < -0.4 is 5.32 Å². The number of aryl methyl sites for hydroxylation is 1. The molecule has 2 heterocycles. The van der Waals surface area contributed by atoms with Crippen molar-refractivity contribution in [3.8, 4) is 0 Å². The number of benzene rings is 2. The molecule has 0 fully saturated rings. The molecule has 0 atom stereocenters. The smallest absolute Gasteiger partial charge is 0.268 e. The average Bonchev–Trinajstić information content (AvgIpc) is 2.92. The molecule has 0 saturated carbocycles. The van der Waals surface area contributed by atoms with Crippen LogP contribution in [-0.2, 0) is 22.0 Å². The second kappa shape index (κ2) is 5.44. The van der Waals surface area contributed by atoms with E-state index in [-0.39, 0.29) is 5.41 Å². The van der Waals surface area contributed by atoms with Crippen molar-refractivity contribution < 1.29 is 8.42 Å². The van der Waals surface area contributed by atoms with Gasteiger partial charge in [-0.15, -0.1) is 0 Å². The molecule has 0 spiro atoms. The molecule has 0 aliphatic carbocycles. The van der Waals surface area contributed by atoms with Crippen molar-refractivity contribution >= 4 is 20.9 Å². The minimum Gasteiger partial charge on any atom is -0.312 e. The molecule has 25 heavy (non-hydrogen) atoms. The van der Waals surface area contributed by atoms with Crippen molar-refractivity contribution in [2.75, 3.05) is 6.54 Å². The summed E-state index contributed by atoms with van der Waals surface area (Å²) in [5, 5.41) is 4.35. The normalized spacial score (nSPS) is 16.8. The van der Waals surface area contributed by atoms with Crippen molar-refractivity contribution in [2.24, 2.45) is 0 Å².